The molecule has 2 fully saturated rings. The highest BCUT2D eigenvalue weighted by Crippen LogP contribution is 2.32. The van der Waals surface area contributed by atoms with E-state index in [-0.39, 0.29) is 0 Å². The lowest BCUT2D eigenvalue weighted by atomic mass is 9.83. The van der Waals surface area contributed by atoms with Crippen LogP contribution in [-0.4, -0.2) is 39.8 Å². The second-order valence-corrected chi connectivity index (χ2v) is 6.79. The van der Waals surface area contributed by atoms with Gasteiger partial charge >= 0.3 is 0 Å². The molecule has 116 valence electrons. The molecule has 0 radical (unpaired) electrons. The number of rotatable bonds is 3. The zero-order chi connectivity index (χ0) is 14.7. The van der Waals surface area contributed by atoms with E-state index < -0.39 is 0 Å². The average Bonchev–Trinajstić information content (AvgIpc) is 2.56. The summed E-state index contributed by atoms with van der Waals surface area (Å²) in [5.41, 5.74) is 2.73. The largest absolute Gasteiger partial charge is 0.376 e. The Morgan fingerprint density at radius 3 is 2.62 bits per heavy atom. The molecule has 1 atom stereocenters. The van der Waals surface area contributed by atoms with Crippen LogP contribution < -0.4 is 15.1 Å². The monoisotopic (exact) mass is 287 g/mol. The highest BCUT2D eigenvalue weighted by molar-refractivity contribution is 5.71. The molecule has 2 aliphatic rings. The van der Waals surface area contributed by atoms with Gasteiger partial charge in [-0.05, 0) is 30.9 Å². The molecule has 1 heterocycles. The molecule has 0 amide bonds. The first kappa shape index (κ1) is 14.7. The molecule has 1 N–H and O–H groups in total. The molecule has 3 rings (SSSR count). The molecule has 1 aromatic carbocycles. The van der Waals surface area contributed by atoms with Crippen molar-refractivity contribution in [1.29, 1.82) is 0 Å². The van der Waals surface area contributed by atoms with Gasteiger partial charge in [0, 0.05) is 39.8 Å². The van der Waals surface area contributed by atoms with Gasteiger partial charge in [0.05, 0.1) is 11.4 Å². The van der Waals surface area contributed by atoms with Crippen LogP contribution in [0.25, 0.3) is 0 Å². The summed E-state index contributed by atoms with van der Waals surface area (Å²) in [4.78, 5) is 4.82. The van der Waals surface area contributed by atoms with Gasteiger partial charge in [-0.3, -0.25) is 0 Å². The van der Waals surface area contributed by atoms with Crippen LogP contribution in [0.15, 0.2) is 24.3 Å². The Morgan fingerprint density at radius 1 is 1.10 bits per heavy atom. The molecule has 3 nitrogen and oxygen atoms in total. The summed E-state index contributed by atoms with van der Waals surface area (Å²) in [6.45, 7) is 3.40. The SMILES string of the molecule is CN(C)c1ccccc1N1CCNC(C2CCCCC2)C1. The third kappa shape index (κ3) is 3.34. The third-order valence-corrected chi connectivity index (χ3v) is 5.13. The van der Waals surface area contributed by atoms with Gasteiger partial charge in [-0.1, -0.05) is 31.4 Å². The van der Waals surface area contributed by atoms with Crippen LogP contribution in [0.4, 0.5) is 11.4 Å². The summed E-state index contributed by atoms with van der Waals surface area (Å²) < 4.78 is 0. The van der Waals surface area contributed by atoms with E-state index in [4.69, 9.17) is 0 Å². The van der Waals surface area contributed by atoms with Crippen molar-refractivity contribution >= 4 is 11.4 Å². The minimum absolute atomic E-state index is 0.675. The minimum Gasteiger partial charge on any atom is -0.376 e. The summed E-state index contributed by atoms with van der Waals surface area (Å²) in [6, 6.07) is 9.49. The van der Waals surface area contributed by atoms with Crippen molar-refractivity contribution in [1.82, 2.24) is 5.32 Å². The van der Waals surface area contributed by atoms with Crippen molar-refractivity contribution in [3.05, 3.63) is 24.3 Å². The number of hydrogen-bond acceptors (Lipinski definition) is 3. The summed E-state index contributed by atoms with van der Waals surface area (Å²) in [7, 11) is 4.28. The van der Waals surface area contributed by atoms with Crippen molar-refractivity contribution < 1.29 is 0 Å². The van der Waals surface area contributed by atoms with E-state index in [9.17, 15) is 0 Å². The van der Waals surface area contributed by atoms with E-state index in [1.54, 1.807) is 0 Å². The fourth-order valence-corrected chi connectivity index (χ4v) is 3.96. The van der Waals surface area contributed by atoms with Gasteiger partial charge in [0.25, 0.3) is 0 Å². The van der Waals surface area contributed by atoms with Crippen molar-refractivity contribution in [2.24, 2.45) is 5.92 Å². The highest BCUT2D eigenvalue weighted by Gasteiger charge is 2.28. The first-order chi connectivity index (χ1) is 10.3. The summed E-state index contributed by atoms with van der Waals surface area (Å²) >= 11 is 0. The second kappa shape index (κ2) is 6.69. The van der Waals surface area contributed by atoms with E-state index >= 15 is 0 Å². The number of para-hydroxylation sites is 2. The highest BCUT2D eigenvalue weighted by atomic mass is 15.2. The van der Waals surface area contributed by atoms with E-state index in [2.05, 4.69) is 53.5 Å². The topological polar surface area (TPSA) is 18.5 Å². The van der Waals surface area contributed by atoms with Crippen LogP contribution in [-0.2, 0) is 0 Å². The van der Waals surface area contributed by atoms with Crippen molar-refractivity contribution in [3.63, 3.8) is 0 Å². The standard InChI is InChI=1S/C18H29N3/c1-20(2)17-10-6-7-11-18(17)21-13-12-19-16(14-21)15-8-4-3-5-9-15/h6-7,10-11,15-16,19H,3-5,8-9,12-14H2,1-2H3. The number of piperazine rings is 1. The van der Waals surface area contributed by atoms with Crippen molar-refractivity contribution in [2.75, 3.05) is 43.5 Å². The van der Waals surface area contributed by atoms with Crippen molar-refractivity contribution in [2.45, 2.75) is 38.1 Å². The first-order valence-electron chi connectivity index (χ1n) is 8.50. The van der Waals surface area contributed by atoms with E-state index in [0.717, 1.165) is 25.6 Å². The molecule has 0 spiro atoms. The lowest BCUT2D eigenvalue weighted by Gasteiger charge is -2.41. The zero-order valence-corrected chi connectivity index (χ0v) is 13.5. The Bertz CT molecular complexity index is 452. The third-order valence-electron chi connectivity index (χ3n) is 5.13. The van der Waals surface area contributed by atoms with E-state index in [0.29, 0.717) is 6.04 Å². The van der Waals surface area contributed by atoms with Gasteiger partial charge in [-0.15, -0.1) is 0 Å². The Morgan fingerprint density at radius 2 is 1.86 bits per heavy atom. The normalized spacial score (nSPS) is 24.1. The number of anilines is 2. The lowest BCUT2D eigenvalue weighted by molar-refractivity contribution is 0.257. The molecule has 1 saturated carbocycles. The number of nitrogens with zero attached hydrogens (tertiary/aromatic N) is 2. The molecule has 0 bridgehead atoms. The van der Waals surface area contributed by atoms with E-state index in [1.807, 2.05) is 0 Å². The maximum atomic E-state index is 3.78. The van der Waals surface area contributed by atoms with Crippen LogP contribution in [0, 0.1) is 5.92 Å². The molecular weight excluding hydrogens is 258 g/mol. The average molecular weight is 287 g/mol. The van der Waals surface area contributed by atoms with Crippen LogP contribution in [0.5, 0.6) is 0 Å². The molecule has 0 aromatic heterocycles. The van der Waals surface area contributed by atoms with Gasteiger partial charge < -0.3 is 15.1 Å². The Labute approximate surface area is 129 Å². The quantitative estimate of drug-likeness (QED) is 0.921. The molecule has 1 aliphatic carbocycles. The fraction of sp³-hybridized carbons (Fsp3) is 0.667. The van der Waals surface area contributed by atoms with E-state index in [1.165, 1.54) is 43.5 Å². The van der Waals surface area contributed by atoms with Gasteiger partial charge in [0.1, 0.15) is 0 Å². The maximum Gasteiger partial charge on any atom is 0.0604 e. The molecule has 3 heteroatoms. The molecule has 21 heavy (non-hydrogen) atoms. The summed E-state index contributed by atoms with van der Waals surface area (Å²) in [5.74, 6) is 0.882. The van der Waals surface area contributed by atoms with Crippen LogP contribution in [0.3, 0.4) is 0 Å². The lowest BCUT2D eigenvalue weighted by Crippen LogP contribution is -2.54. The smallest absolute Gasteiger partial charge is 0.0604 e. The summed E-state index contributed by atoms with van der Waals surface area (Å²) in [6.07, 6.45) is 7.13. The van der Waals surface area contributed by atoms with Crippen molar-refractivity contribution in [3.8, 4) is 0 Å². The van der Waals surface area contributed by atoms with Gasteiger partial charge in [-0.2, -0.15) is 0 Å². The maximum absolute atomic E-state index is 3.78. The van der Waals surface area contributed by atoms with Crippen LogP contribution in [0.1, 0.15) is 32.1 Å². The predicted molar refractivity (Wildman–Crippen MR) is 91.3 cm³/mol. The molecule has 1 aliphatic heterocycles. The Balaban J connectivity index is 1.73. The van der Waals surface area contributed by atoms with Gasteiger partial charge in [0.2, 0.25) is 0 Å². The van der Waals surface area contributed by atoms with Gasteiger partial charge in [0.15, 0.2) is 0 Å². The molecule has 1 aromatic rings. The Kier molecular flexibility index (Phi) is 4.69. The Hall–Kier alpha value is -1.22. The zero-order valence-electron chi connectivity index (χ0n) is 13.5. The minimum atomic E-state index is 0.675. The number of hydrogen-bond donors (Lipinski definition) is 1. The summed E-state index contributed by atoms with van der Waals surface area (Å²) in [5, 5.41) is 3.78. The second-order valence-electron chi connectivity index (χ2n) is 6.79. The predicted octanol–water partition coefficient (Wildman–Crippen LogP) is 3.11. The van der Waals surface area contributed by atoms with Gasteiger partial charge in [-0.25, -0.2) is 0 Å². The molecule has 1 saturated heterocycles. The van der Waals surface area contributed by atoms with Crippen LogP contribution in [0.2, 0.25) is 0 Å². The first-order valence-corrected chi connectivity index (χ1v) is 8.50. The molecule has 1 unspecified atom stereocenters. The van der Waals surface area contributed by atoms with Crippen LogP contribution >= 0.6 is 0 Å². The molecular formula is C18H29N3. The number of nitrogens with one attached hydrogen (secondary N) is 1. The number of benzene rings is 1. The fourth-order valence-electron chi connectivity index (χ4n) is 3.96.